The predicted octanol–water partition coefficient (Wildman–Crippen LogP) is 2.34. The smallest absolute Gasteiger partial charge is 0.338 e. The number of sulfonamides is 1. The summed E-state index contributed by atoms with van der Waals surface area (Å²) in [6.07, 6.45) is 0. The van der Waals surface area contributed by atoms with Gasteiger partial charge in [-0.15, -0.1) is 0 Å². The van der Waals surface area contributed by atoms with Crippen molar-refractivity contribution in [3.8, 4) is 11.5 Å². The number of carbonyl (C=O) groups is 1. The van der Waals surface area contributed by atoms with E-state index < -0.39 is 16.0 Å². The van der Waals surface area contributed by atoms with Gasteiger partial charge in [-0.1, -0.05) is 6.07 Å². The average Bonchev–Trinajstić information content (AvgIpc) is 2.78. The van der Waals surface area contributed by atoms with Gasteiger partial charge in [0.15, 0.2) is 0 Å². The van der Waals surface area contributed by atoms with Crippen LogP contribution < -0.4 is 9.47 Å². The van der Waals surface area contributed by atoms with Gasteiger partial charge in [-0.25, -0.2) is 13.2 Å². The Hall–Kier alpha value is -2.62. The van der Waals surface area contributed by atoms with Gasteiger partial charge in [-0.2, -0.15) is 4.31 Å². The van der Waals surface area contributed by atoms with E-state index in [9.17, 15) is 13.2 Å². The molecule has 0 aliphatic carbocycles. The van der Waals surface area contributed by atoms with Crippen molar-refractivity contribution in [1.82, 2.24) is 4.31 Å². The first-order chi connectivity index (χ1) is 14.5. The standard InChI is InChI=1S/C21H25NO7S/c1-2-27-18-6-8-19(9-7-18)28-14-15-29-21(23)17-4-3-5-20(16-17)30(24,25)22-10-12-26-13-11-22/h3-9,16H,2,10-15H2,1H3. The zero-order chi connectivity index (χ0) is 21.4. The Morgan fingerprint density at radius 3 is 2.33 bits per heavy atom. The Balaban J connectivity index is 1.52. The Bertz CT molecular complexity index is 938. The van der Waals surface area contributed by atoms with Crippen molar-refractivity contribution in [2.75, 3.05) is 46.1 Å². The minimum Gasteiger partial charge on any atom is -0.494 e. The molecule has 0 unspecified atom stereocenters. The van der Waals surface area contributed by atoms with Crippen molar-refractivity contribution in [3.63, 3.8) is 0 Å². The largest absolute Gasteiger partial charge is 0.494 e. The molecule has 0 aromatic heterocycles. The number of nitrogens with zero attached hydrogens (tertiary/aromatic N) is 1. The molecular weight excluding hydrogens is 410 g/mol. The molecule has 1 heterocycles. The minimum atomic E-state index is -3.68. The summed E-state index contributed by atoms with van der Waals surface area (Å²) < 4.78 is 48.1. The Kier molecular flexibility index (Phi) is 7.67. The van der Waals surface area contributed by atoms with Crippen molar-refractivity contribution in [2.24, 2.45) is 0 Å². The molecule has 30 heavy (non-hydrogen) atoms. The van der Waals surface area contributed by atoms with E-state index in [0.29, 0.717) is 38.7 Å². The molecule has 1 saturated heterocycles. The fourth-order valence-electron chi connectivity index (χ4n) is 2.90. The molecule has 0 bridgehead atoms. The Morgan fingerprint density at radius 1 is 1.00 bits per heavy atom. The van der Waals surface area contributed by atoms with Gasteiger partial charge in [-0.3, -0.25) is 0 Å². The summed E-state index contributed by atoms with van der Waals surface area (Å²) in [5, 5.41) is 0. The van der Waals surface area contributed by atoms with Crippen molar-refractivity contribution >= 4 is 16.0 Å². The molecule has 0 radical (unpaired) electrons. The van der Waals surface area contributed by atoms with Crippen LogP contribution in [0, 0.1) is 0 Å². The van der Waals surface area contributed by atoms with Gasteiger partial charge in [0.2, 0.25) is 10.0 Å². The lowest BCUT2D eigenvalue weighted by molar-refractivity contribution is 0.0450. The molecule has 8 nitrogen and oxygen atoms in total. The molecule has 0 atom stereocenters. The number of rotatable bonds is 9. The summed E-state index contributed by atoms with van der Waals surface area (Å²) in [6.45, 7) is 4.00. The van der Waals surface area contributed by atoms with Gasteiger partial charge in [-0.05, 0) is 49.4 Å². The van der Waals surface area contributed by atoms with Crippen LogP contribution >= 0.6 is 0 Å². The highest BCUT2D eigenvalue weighted by Gasteiger charge is 2.27. The van der Waals surface area contributed by atoms with Crippen LogP contribution in [0.2, 0.25) is 0 Å². The maximum Gasteiger partial charge on any atom is 0.338 e. The summed E-state index contributed by atoms with van der Waals surface area (Å²) in [4.78, 5) is 12.4. The summed E-state index contributed by atoms with van der Waals surface area (Å²) in [5.74, 6) is 0.778. The molecule has 2 aromatic rings. The van der Waals surface area contributed by atoms with Crippen molar-refractivity contribution in [3.05, 3.63) is 54.1 Å². The summed E-state index contributed by atoms with van der Waals surface area (Å²) in [7, 11) is -3.68. The second-order valence-corrected chi connectivity index (χ2v) is 8.37. The fraction of sp³-hybridized carbons (Fsp3) is 0.381. The van der Waals surface area contributed by atoms with Crippen LogP contribution in [0.25, 0.3) is 0 Å². The highest BCUT2D eigenvalue weighted by Crippen LogP contribution is 2.19. The molecule has 1 aliphatic heterocycles. The SMILES string of the molecule is CCOc1ccc(OCCOC(=O)c2cccc(S(=O)(=O)N3CCOCC3)c2)cc1. The second kappa shape index (κ2) is 10.4. The van der Waals surface area contributed by atoms with Crippen LogP contribution in [0.1, 0.15) is 17.3 Å². The molecule has 0 spiro atoms. The first kappa shape index (κ1) is 22.1. The molecule has 9 heteroatoms. The van der Waals surface area contributed by atoms with Crippen LogP contribution in [0.15, 0.2) is 53.4 Å². The number of hydrogen-bond donors (Lipinski definition) is 0. The summed E-state index contributed by atoms with van der Waals surface area (Å²) in [5.41, 5.74) is 0.172. The zero-order valence-corrected chi connectivity index (χ0v) is 17.6. The van der Waals surface area contributed by atoms with Crippen LogP contribution in [-0.2, 0) is 19.5 Å². The van der Waals surface area contributed by atoms with Crippen molar-refractivity contribution in [1.29, 1.82) is 0 Å². The first-order valence-corrected chi connectivity index (χ1v) is 11.2. The third kappa shape index (κ3) is 5.71. The van der Waals surface area contributed by atoms with Crippen LogP contribution in [0.4, 0.5) is 0 Å². The maximum absolute atomic E-state index is 12.7. The van der Waals surface area contributed by atoms with E-state index in [1.54, 1.807) is 24.3 Å². The molecule has 0 N–H and O–H groups in total. The third-order valence-corrected chi connectivity index (χ3v) is 6.29. The van der Waals surface area contributed by atoms with E-state index >= 15 is 0 Å². The molecule has 162 valence electrons. The van der Waals surface area contributed by atoms with E-state index in [1.807, 2.05) is 6.92 Å². The Morgan fingerprint density at radius 2 is 1.67 bits per heavy atom. The van der Waals surface area contributed by atoms with Gasteiger partial charge in [0, 0.05) is 13.1 Å². The highest BCUT2D eigenvalue weighted by molar-refractivity contribution is 7.89. The average molecular weight is 435 g/mol. The van der Waals surface area contributed by atoms with Crippen molar-refractivity contribution in [2.45, 2.75) is 11.8 Å². The lowest BCUT2D eigenvalue weighted by Crippen LogP contribution is -2.40. The molecule has 0 saturated carbocycles. The topological polar surface area (TPSA) is 91.4 Å². The zero-order valence-electron chi connectivity index (χ0n) is 16.8. The van der Waals surface area contributed by atoms with Crippen molar-refractivity contribution < 1.29 is 32.2 Å². The van der Waals surface area contributed by atoms with Gasteiger partial charge >= 0.3 is 5.97 Å². The third-order valence-electron chi connectivity index (χ3n) is 4.40. The van der Waals surface area contributed by atoms with E-state index in [0.717, 1.165) is 5.75 Å². The van der Waals surface area contributed by atoms with Crippen LogP contribution in [0.3, 0.4) is 0 Å². The number of benzene rings is 2. The fourth-order valence-corrected chi connectivity index (χ4v) is 4.35. The second-order valence-electron chi connectivity index (χ2n) is 6.43. The number of hydrogen-bond acceptors (Lipinski definition) is 7. The minimum absolute atomic E-state index is 0.0342. The predicted molar refractivity (Wildman–Crippen MR) is 109 cm³/mol. The van der Waals surface area contributed by atoms with Crippen LogP contribution in [0.5, 0.6) is 11.5 Å². The van der Waals surface area contributed by atoms with Gasteiger partial charge < -0.3 is 18.9 Å². The lowest BCUT2D eigenvalue weighted by atomic mass is 10.2. The van der Waals surface area contributed by atoms with E-state index in [-0.39, 0.29) is 23.7 Å². The molecular formula is C21H25NO7S. The molecule has 3 rings (SSSR count). The monoisotopic (exact) mass is 435 g/mol. The number of esters is 1. The molecule has 1 aliphatic rings. The first-order valence-electron chi connectivity index (χ1n) is 9.71. The van der Waals surface area contributed by atoms with E-state index in [4.69, 9.17) is 18.9 Å². The quantitative estimate of drug-likeness (QED) is 0.441. The number of carbonyl (C=O) groups excluding carboxylic acids is 1. The maximum atomic E-state index is 12.7. The van der Waals surface area contributed by atoms with Gasteiger partial charge in [0.05, 0.1) is 30.3 Å². The molecule has 0 amide bonds. The lowest BCUT2D eigenvalue weighted by Gasteiger charge is -2.26. The summed E-state index contributed by atoms with van der Waals surface area (Å²) in [6, 6.07) is 13.0. The van der Waals surface area contributed by atoms with Gasteiger partial charge in [0.1, 0.15) is 24.7 Å². The highest BCUT2D eigenvalue weighted by atomic mass is 32.2. The van der Waals surface area contributed by atoms with E-state index in [2.05, 4.69) is 0 Å². The summed E-state index contributed by atoms with van der Waals surface area (Å²) >= 11 is 0. The molecule has 1 fully saturated rings. The van der Waals surface area contributed by atoms with E-state index in [1.165, 1.54) is 28.6 Å². The Labute approximate surface area is 176 Å². The normalized spacial score (nSPS) is 14.8. The van der Waals surface area contributed by atoms with Gasteiger partial charge in [0.25, 0.3) is 0 Å². The molecule has 2 aromatic carbocycles. The van der Waals surface area contributed by atoms with Crippen LogP contribution in [-0.4, -0.2) is 64.8 Å². The number of morpholine rings is 1. The number of ether oxygens (including phenoxy) is 4.